The van der Waals surface area contributed by atoms with Crippen molar-refractivity contribution in [2.45, 2.75) is 0 Å². The van der Waals surface area contributed by atoms with Crippen molar-refractivity contribution in [3.05, 3.63) is 72.1 Å². The Balaban J connectivity index is 1.57. The highest BCUT2D eigenvalue weighted by Gasteiger charge is 2.20. The lowest BCUT2D eigenvalue weighted by Crippen LogP contribution is -2.48. The summed E-state index contributed by atoms with van der Waals surface area (Å²) in [6.45, 7) is 2.34. The summed E-state index contributed by atoms with van der Waals surface area (Å²) in [5, 5.41) is 0. The first-order valence-electron chi connectivity index (χ1n) is 8.16. The molecule has 0 N–H and O–H groups in total. The molecule has 0 atom stereocenters. The number of allylic oxidation sites excluding steroid dienone is 1. The fraction of sp³-hybridized carbons (Fsp3) is 0.211. The Labute approximate surface area is 149 Å². The molecule has 1 aliphatic heterocycles. The molecule has 134 valence electrons. The average Bonchev–Trinajstić information content (AvgIpc) is 2.66. The van der Waals surface area contributed by atoms with E-state index in [1.165, 1.54) is 0 Å². The molecule has 0 bridgehead atoms. The molecule has 0 radical (unpaired) electrons. The van der Waals surface area contributed by atoms with E-state index in [4.69, 9.17) is 0 Å². The quantitative estimate of drug-likeness (QED) is 0.623. The maximum Gasteiger partial charge on any atom is 0.246 e. The molecule has 2 aromatic rings. The minimum Gasteiger partial charge on any atom is -0.367 e. The van der Waals surface area contributed by atoms with Crippen LogP contribution < -0.4 is 4.90 Å². The van der Waals surface area contributed by atoms with Gasteiger partial charge in [0.25, 0.3) is 0 Å². The number of carbonyl (C=O) groups is 2. The zero-order valence-corrected chi connectivity index (χ0v) is 13.9. The van der Waals surface area contributed by atoms with Gasteiger partial charge >= 0.3 is 0 Å². The third-order valence-electron chi connectivity index (χ3n) is 4.18. The SMILES string of the molecule is O=C(/C=C/C(=O)N1CCN(c2cccnc2)CC1)c1ccc(F)cc1F. The first-order chi connectivity index (χ1) is 12.5. The molecule has 0 saturated carbocycles. The predicted octanol–water partition coefficient (Wildman–Crippen LogP) is 2.45. The zero-order valence-electron chi connectivity index (χ0n) is 13.9. The van der Waals surface area contributed by atoms with Crippen molar-refractivity contribution in [2.24, 2.45) is 0 Å². The molecular weight excluding hydrogens is 340 g/mol. The number of hydrogen-bond donors (Lipinski definition) is 0. The van der Waals surface area contributed by atoms with Crippen LogP contribution in [0.4, 0.5) is 14.5 Å². The first-order valence-corrected chi connectivity index (χ1v) is 8.16. The summed E-state index contributed by atoms with van der Waals surface area (Å²) in [5.74, 6) is -2.70. The predicted molar refractivity (Wildman–Crippen MR) is 92.9 cm³/mol. The Kier molecular flexibility index (Phi) is 5.36. The maximum absolute atomic E-state index is 13.6. The van der Waals surface area contributed by atoms with Gasteiger partial charge in [-0.05, 0) is 30.3 Å². The number of anilines is 1. The number of piperazine rings is 1. The third kappa shape index (κ3) is 4.11. The van der Waals surface area contributed by atoms with Gasteiger partial charge in [-0.15, -0.1) is 0 Å². The number of nitrogens with zero attached hydrogens (tertiary/aromatic N) is 3. The summed E-state index contributed by atoms with van der Waals surface area (Å²) < 4.78 is 26.5. The van der Waals surface area contributed by atoms with E-state index in [0.29, 0.717) is 32.2 Å². The van der Waals surface area contributed by atoms with E-state index in [0.717, 1.165) is 30.0 Å². The van der Waals surface area contributed by atoms with Crippen molar-refractivity contribution in [1.29, 1.82) is 0 Å². The number of benzene rings is 1. The van der Waals surface area contributed by atoms with E-state index in [-0.39, 0.29) is 11.5 Å². The number of amides is 1. The molecule has 1 amide bonds. The highest BCUT2D eigenvalue weighted by molar-refractivity contribution is 6.07. The van der Waals surface area contributed by atoms with Crippen molar-refractivity contribution in [3.8, 4) is 0 Å². The molecule has 26 heavy (non-hydrogen) atoms. The van der Waals surface area contributed by atoms with E-state index < -0.39 is 17.4 Å². The normalized spacial score (nSPS) is 14.7. The van der Waals surface area contributed by atoms with Gasteiger partial charge in [-0.25, -0.2) is 8.78 Å². The topological polar surface area (TPSA) is 53.5 Å². The van der Waals surface area contributed by atoms with Crippen LogP contribution >= 0.6 is 0 Å². The molecule has 1 saturated heterocycles. The van der Waals surface area contributed by atoms with Gasteiger partial charge in [-0.1, -0.05) is 0 Å². The first kappa shape index (κ1) is 17.7. The van der Waals surface area contributed by atoms with Crippen LogP contribution in [0.25, 0.3) is 0 Å². The lowest BCUT2D eigenvalue weighted by Gasteiger charge is -2.35. The second-order valence-corrected chi connectivity index (χ2v) is 5.85. The van der Waals surface area contributed by atoms with Gasteiger partial charge in [0, 0.05) is 44.5 Å². The average molecular weight is 357 g/mol. The second kappa shape index (κ2) is 7.86. The number of hydrogen-bond acceptors (Lipinski definition) is 4. The molecule has 0 aliphatic carbocycles. The summed E-state index contributed by atoms with van der Waals surface area (Å²) in [6, 6.07) is 6.52. The monoisotopic (exact) mass is 357 g/mol. The Bertz CT molecular complexity index is 832. The fourth-order valence-electron chi connectivity index (χ4n) is 2.76. The van der Waals surface area contributed by atoms with Crippen molar-refractivity contribution in [1.82, 2.24) is 9.88 Å². The van der Waals surface area contributed by atoms with Crippen LogP contribution in [0, 0.1) is 11.6 Å². The number of pyridine rings is 1. The number of halogens is 2. The van der Waals surface area contributed by atoms with Gasteiger partial charge in [-0.3, -0.25) is 14.6 Å². The number of rotatable bonds is 4. The highest BCUT2D eigenvalue weighted by atomic mass is 19.1. The zero-order chi connectivity index (χ0) is 18.5. The van der Waals surface area contributed by atoms with Crippen LogP contribution in [-0.2, 0) is 4.79 Å². The van der Waals surface area contributed by atoms with Crippen LogP contribution in [0.2, 0.25) is 0 Å². The van der Waals surface area contributed by atoms with Gasteiger partial charge in [0.1, 0.15) is 11.6 Å². The lowest BCUT2D eigenvalue weighted by molar-refractivity contribution is -0.126. The molecule has 7 heteroatoms. The Morgan fingerprint density at radius 3 is 2.46 bits per heavy atom. The van der Waals surface area contributed by atoms with Gasteiger partial charge in [0.15, 0.2) is 5.78 Å². The number of aromatic nitrogens is 1. The van der Waals surface area contributed by atoms with Crippen LogP contribution in [0.5, 0.6) is 0 Å². The maximum atomic E-state index is 13.6. The van der Waals surface area contributed by atoms with E-state index >= 15 is 0 Å². The molecule has 0 unspecified atom stereocenters. The molecule has 0 spiro atoms. The molecule has 5 nitrogen and oxygen atoms in total. The van der Waals surface area contributed by atoms with Crippen LogP contribution in [0.3, 0.4) is 0 Å². The summed E-state index contributed by atoms with van der Waals surface area (Å²) in [7, 11) is 0. The highest BCUT2D eigenvalue weighted by Crippen LogP contribution is 2.15. The Morgan fingerprint density at radius 2 is 1.81 bits per heavy atom. The minimum atomic E-state index is -0.947. The van der Waals surface area contributed by atoms with Crippen LogP contribution in [0.1, 0.15) is 10.4 Å². The molecule has 1 aromatic heterocycles. The summed E-state index contributed by atoms with van der Waals surface area (Å²) >= 11 is 0. The summed E-state index contributed by atoms with van der Waals surface area (Å²) in [6.07, 6.45) is 5.62. The second-order valence-electron chi connectivity index (χ2n) is 5.85. The van der Waals surface area contributed by atoms with E-state index in [1.54, 1.807) is 17.3 Å². The van der Waals surface area contributed by atoms with Crippen LogP contribution in [0.15, 0.2) is 54.9 Å². The van der Waals surface area contributed by atoms with Gasteiger partial charge in [0.05, 0.1) is 17.4 Å². The van der Waals surface area contributed by atoms with Crippen molar-refractivity contribution < 1.29 is 18.4 Å². The summed E-state index contributed by atoms with van der Waals surface area (Å²) in [4.78, 5) is 32.0. The molecule has 1 aliphatic rings. The molecule has 1 aromatic carbocycles. The fourth-order valence-corrected chi connectivity index (χ4v) is 2.76. The molecule has 2 heterocycles. The van der Waals surface area contributed by atoms with Crippen molar-refractivity contribution >= 4 is 17.4 Å². The van der Waals surface area contributed by atoms with E-state index in [1.807, 2.05) is 12.1 Å². The molecule has 3 rings (SSSR count). The standard InChI is InChI=1S/C19H17F2N3O2/c20-14-3-4-16(17(21)12-14)18(25)5-6-19(26)24-10-8-23(9-11-24)15-2-1-7-22-13-15/h1-7,12-13H,8-11H2/b6-5+. The van der Waals surface area contributed by atoms with E-state index in [2.05, 4.69) is 9.88 Å². The molecule has 1 fully saturated rings. The number of carbonyl (C=O) groups excluding carboxylic acids is 2. The van der Waals surface area contributed by atoms with Crippen molar-refractivity contribution in [3.63, 3.8) is 0 Å². The van der Waals surface area contributed by atoms with E-state index in [9.17, 15) is 18.4 Å². The minimum absolute atomic E-state index is 0.267. The largest absolute Gasteiger partial charge is 0.367 e. The van der Waals surface area contributed by atoms with Gasteiger partial charge in [-0.2, -0.15) is 0 Å². The summed E-state index contributed by atoms with van der Waals surface area (Å²) in [5.41, 5.74) is 0.731. The van der Waals surface area contributed by atoms with Gasteiger partial charge < -0.3 is 9.80 Å². The van der Waals surface area contributed by atoms with Crippen LogP contribution in [-0.4, -0.2) is 47.8 Å². The Morgan fingerprint density at radius 1 is 1.04 bits per heavy atom. The number of ketones is 1. The smallest absolute Gasteiger partial charge is 0.246 e. The lowest BCUT2D eigenvalue weighted by atomic mass is 10.1. The Hall–Kier alpha value is -3.09. The van der Waals surface area contributed by atoms with Crippen molar-refractivity contribution in [2.75, 3.05) is 31.1 Å². The van der Waals surface area contributed by atoms with Gasteiger partial charge in [0.2, 0.25) is 5.91 Å². The molecular formula is C19H17F2N3O2. The third-order valence-corrected chi connectivity index (χ3v) is 4.18.